The van der Waals surface area contributed by atoms with Crippen LogP contribution in [0.3, 0.4) is 0 Å². The lowest BCUT2D eigenvalue weighted by Crippen LogP contribution is -2.08. The van der Waals surface area contributed by atoms with Gasteiger partial charge >= 0.3 is 0 Å². The highest BCUT2D eigenvalue weighted by molar-refractivity contribution is 5.47. The van der Waals surface area contributed by atoms with Crippen molar-refractivity contribution in [2.45, 2.75) is 114 Å². The largest absolute Gasteiger partial charge is 0.0552 e. The Kier molecular flexibility index (Phi) is 9.32. The second-order valence-electron chi connectivity index (χ2n) is 13.2. The molecule has 0 amide bonds. The average molecular weight is 545 g/mol. The second-order valence-corrected chi connectivity index (χ2v) is 13.2. The molecule has 0 aliphatic heterocycles. The third kappa shape index (κ3) is 6.53. The van der Waals surface area contributed by atoms with Crippen LogP contribution in [0.4, 0.5) is 0 Å². The maximum Gasteiger partial charge on any atom is 0.00897 e. The second kappa shape index (κ2) is 12.4. The van der Waals surface area contributed by atoms with E-state index in [0.717, 1.165) is 12.8 Å². The van der Waals surface area contributed by atoms with E-state index >= 15 is 0 Å². The first kappa shape index (κ1) is 30.8. The molecular formula is C41H52. The minimum atomic E-state index is 0.398. The summed E-state index contributed by atoms with van der Waals surface area (Å²) >= 11 is 0. The molecule has 4 aromatic rings. The normalized spacial score (nSPS) is 11.7. The molecule has 0 radical (unpaired) electrons. The summed E-state index contributed by atoms with van der Waals surface area (Å²) in [5, 5.41) is 0. The van der Waals surface area contributed by atoms with Gasteiger partial charge in [0.25, 0.3) is 0 Å². The van der Waals surface area contributed by atoms with Crippen molar-refractivity contribution < 1.29 is 0 Å². The van der Waals surface area contributed by atoms with Crippen molar-refractivity contribution in [1.82, 2.24) is 0 Å². The molecule has 0 nitrogen and oxygen atoms in total. The number of aryl methyl sites for hydroxylation is 8. The zero-order valence-electron chi connectivity index (χ0n) is 27.9. The molecule has 0 saturated heterocycles. The van der Waals surface area contributed by atoms with Gasteiger partial charge in [-0.25, -0.2) is 0 Å². The van der Waals surface area contributed by atoms with Crippen LogP contribution < -0.4 is 0 Å². The lowest BCUT2D eigenvalue weighted by Gasteiger charge is -2.25. The Balaban J connectivity index is 1.74. The van der Waals surface area contributed by atoms with E-state index in [2.05, 4.69) is 132 Å². The van der Waals surface area contributed by atoms with Crippen LogP contribution in [0.15, 0.2) is 48.5 Å². The van der Waals surface area contributed by atoms with Crippen LogP contribution in [0.5, 0.6) is 0 Å². The molecule has 0 unspecified atom stereocenters. The molecule has 0 aromatic heterocycles. The van der Waals surface area contributed by atoms with E-state index in [-0.39, 0.29) is 0 Å². The van der Waals surface area contributed by atoms with Crippen molar-refractivity contribution in [3.05, 3.63) is 138 Å². The molecule has 4 aromatic carbocycles. The summed E-state index contributed by atoms with van der Waals surface area (Å²) in [5.41, 5.74) is 22.7. The average Bonchev–Trinajstić information content (AvgIpc) is 2.91. The highest BCUT2D eigenvalue weighted by Crippen LogP contribution is 2.38. The van der Waals surface area contributed by atoms with Crippen LogP contribution in [0.2, 0.25) is 0 Å². The molecule has 0 fully saturated rings. The zero-order valence-corrected chi connectivity index (χ0v) is 27.9. The fourth-order valence-electron chi connectivity index (χ4n) is 6.66. The van der Waals surface area contributed by atoms with E-state index in [4.69, 9.17) is 0 Å². The molecule has 0 spiro atoms. The maximum atomic E-state index is 2.45. The minimum absolute atomic E-state index is 0.398. The lowest BCUT2D eigenvalue weighted by atomic mass is 9.79. The topological polar surface area (TPSA) is 0 Å². The Labute approximate surface area is 251 Å². The maximum absolute atomic E-state index is 2.45. The van der Waals surface area contributed by atoms with Gasteiger partial charge in [-0.1, -0.05) is 55.0 Å². The molecule has 0 N–H and O–H groups in total. The van der Waals surface area contributed by atoms with Gasteiger partial charge in [0.1, 0.15) is 0 Å². The third-order valence-corrected chi connectivity index (χ3v) is 10.4. The van der Waals surface area contributed by atoms with E-state index in [1.165, 1.54) is 95.4 Å². The molecule has 0 aliphatic carbocycles. The summed E-state index contributed by atoms with van der Waals surface area (Å²) in [6.07, 6.45) is 3.47. The van der Waals surface area contributed by atoms with Crippen LogP contribution in [0.1, 0.15) is 120 Å². The highest BCUT2D eigenvalue weighted by atomic mass is 14.3. The zero-order chi connectivity index (χ0) is 30.2. The van der Waals surface area contributed by atoms with E-state index in [1.54, 1.807) is 0 Å². The van der Waals surface area contributed by atoms with Crippen LogP contribution in [0.25, 0.3) is 0 Å². The SMILES string of the molecule is Cc1cc(C(CCCC(c2cc(C)c(C)c(C)c2)c2cc(C)c(C)c(C)c2)c2cc(C)c(C)c(C)c2)cc(C)c1C. The number of rotatable bonds is 8. The van der Waals surface area contributed by atoms with Crippen LogP contribution in [0, 0.1) is 83.1 Å². The van der Waals surface area contributed by atoms with Crippen LogP contribution in [-0.2, 0) is 0 Å². The van der Waals surface area contributed by atoms with Crippen molar-refractivity contribution in [3.8, 4) is 0 Å². The molecule has 0 heterocycles. The van der Waals surface area contributed by atoms with E-state index in [9.17, 15) is 0 Å². The van der Waals surface area contributed by atoms with Gasteiger partial charge in [0.2, 0.25) is 0 Å². The number of benzene rings is 4. The van der Waals surface area contributed by atoms with Gasteiger partial charge in [-0.3, -0.25) is 0 Å². The first-order valence-corrected chi connectivity index (χ1v) is 15.6. The highest BCUT2D eigenvalue weighted by Gasteiger charge is 2.21. The quantitative estimate of drug-likeness (QED) is 0.207. The van der Waals surface area contributed by atoms with Crippen molar-refractivity contribution in [2.24, 2.45) is 0 Å². The van der Waals surface area contributed by atoms with Crippen molar-refractivity contribution in [2.75, 3.05) is 0 Å². The van der Waals surface area contributed by atoms with Gasteiger partial charge in [-0.2, -0.15) is 0 Å². The first-order valence-electron chi connectivity index (χ1n) is 15.6. The molecular weight excluding hydrogens is 492 g/mol. The molecule has 0 atom stereocenters. The predicted molar refractivity (Wildman–Crippen MR) is 180 cm³/mol. The fourth-order valence-corrected chi connectivity index (χ4v) is 6.66. The Morgan fingerprint density at radius 1 is 0.317 bits per heavy atom. The van der Waals surface area contributed by atoms with Crippen molar-refractivity contribution in [1.29, 1.82) is 0 Å². The molecule has 0 aliphatic rings. The van der Waals surface area contributed by atoms with Crippen molar-refractivity contribution >= 4 is 0 Å². The molecule has 0 bridgehead atoms. The Hall–Kier alpha value is -3.12. The molecule has 0 heteroatoms. The van der Waals surface area contributed by atoms with E-state index in [1.807, 2.05) is 0 Å². The van der Waals surface area contributed by atoms with Gasteiger partial charge in [0, 0.05) is 11.8 Å². The van der Waals surface area contributed by atoms with Gasteiger partial charge in [0.05, 0.1) is 0 Å². The van der Waals surface area contributed by atoms with E-state index < -0.39 is 0 Å². The monoisotopic (exact) mass is 544 g/mol. The van der Waals surface area contributed by atoms with Gasteiger partial charge in [-0.15, -0.1) is 0 Å². The van der Waals surface area contributed by atoms with Crippen LogP contribution in [-0.4, -0.2) is 0 Å². The summed E-state index contributed by atoms with van der Waals surface area (Å²) < 4.78 is 0. The smallest absolute Gasteiger partial charge is 0.00897 e. The molecule has 41 heavy (non-hydrogen) atoms. The fraction of sp³-hybridized carbons (Fsp3) is 0.415. The number of hydrogen-bond donors (Lipinski definition) is 0. The Morgan fingerprint density at radius 3 is 0.659 bits per heavy atom. The Morgan fingerprint density at radius 2 is 0.488 bits per heavy atom. The molecule has 4 rings (SSSR count). The number of hydrogen-bond acceptors (Lipinski definition) is 0. The Bertz CT molecular complexity index is 1250. The lowest BCUT2D eigenvalue weighted by molar-refractivity contribution is 0.589. The summed E-state index contributed by atoms with van der Waals surface area (Å²) in [6, 6.07) is 19.6. The summed E-state index contributed by atoms with van der Waals surface area (Å²) in [4.78, 5) is 0. The van der Waals surface area contributed by atoms with Gasteiger partial charge in [-0.05, 0) is 185 Å². The minimum Gasteiger partial charge on any atom is -0.0552 e. The summed E-state index contributed by atoms with van der Waals surface area (Å²) in [5.74, 6) is 0.796. The molecule has 216 valence electrons. The standard InChI is InChI=1S/C41H52/c1-24-16-36(17-25(2)32(24)9)40(37-18-26(3)33(10)27(4)19-37)14-13-15-41(38-20-28(5)34(11)29(6)21-38)39-22-30(7)35(12)31(8)23-39/h16-23,40-41H,13-15H2,1-12H3. The summed E-state index contributed by atoms with van der Waals surface area (Å²) in [7, 11) is 0. The van der Waals surface area contributed by atoms with Gasteiger partial charge < -0.3 is 0 Å². The first-order chi connectivity index (χ1) is 19.3. The van der Waals surface area contributed by atoms with Gasteiger partial charge in [0.15, 0.2) is 0 Å². The molecule has 0 saturated carbocycles. The summed E-state index contributed by atoms with van der Waals surface area (Å²) in [6.45, 7) is 27.2. The van der Waals surface area contributed by atoms with Crippen molar-refractivity contribution in [3.63, 3.8) is 0 Å². The third-order valence-electron chi connectivity index (χ3n) is 10.4. The van der Waals surface area contributed by atoms with Crippen LogP contribution >= 0.6 is 0 Å². The predicted octanol–water partition coefficient (Wildman–Crippen LogP) is 11.5. The van der Waals surface area contributed by atoms with E-state index in [0.29, 0.717) is 11.8 Å².